The van der Waals surface area contributed by atoms with Crippen molar-refractivity contribution in [1.82, 2.24) is 0 Å². The minimum Gasteiger partial charge on any atom is -0.464 e. The van der Waals surface area contributed by atoms with Crippen LogP contribution in [-0.2, 0) is 9.53 Å². The highest BCUT2D eigenvalue weighted by atomic mass is 16.5. The number of esters is 1. The summed E-state index contributed by atoms with van der Waals surface area (Å²) in [6.07, 6.45) is 7.53. The second kappa shape index (κ2) is 6.72. The maximum atomic E-state index is 10.9. The number of hydrogen-bond donors (Lipinski definition) is 0. The molecule has 2 nitrogen and oxygen atoms in total. The number of ether oxygens (including phenoxy) is 1. The van der Waals surface area contributed by atoms with Crippen LogP contribution >= 0.6 is 0 Å². The molecule has 0 aromatic carbocycles. The summed E-state index contributed by atoms with van der Waals surface area (Å²) in [7, 11) is 0. The summed E-state index contributed by atoms with van der Waals surface area (Å²) in [5, 5.41) is 0. The lowest BCUT2D eigenvalue weighted by Crippen LogP contribution is -2.10. The van der Waals surface area contributed by atoms with Crippen LogP contribution in [0.25, 0.3) is 0 Å². The first-order valence-corrected chi connectivity index (χ1v) is 4.32. The second-order valence-corrected chi connectivity index (χ2v) is 2.85. The minimum absolute atomic E-state index is 0.0237. The summed E-state index contributed by atoms with van der Waals surface area (Å²) in [5.74, 6) is 2.38. The first-order chi connectivity index (χ1) is 5.70. The number of terminal acetylenes is 1. The van der Waals surface area contributed by atoms with E-state index in [9.17, 15) is 4.79 Å². The topological polar surface area (TPSA) is 26.3 Å². The molecule has 0 aromatic heterocycles. The molecular formula is C10H16O2. The van der Waals surface area contributed by atoms with Crippen LogP contribution in [0, 0.1) is 18.3 Å². The molecule has 0 radical (unpaired) electrons. The molecule has 1 unspecified atom stereocenters. The quantitative estimate of drug-likeness (QED) is 0.463. The Morgan fingerprint density at radius 2 is 2.33 bits per heavy atom. The van der Waals surface area contributed by atoms with Crippen molar-refractivity contribution in [3.05, 3.63) is 0 Å². The van der Waals surface area contributed by atoms with Crippen LogP contribution in [0.2, 0.25) is 0 Å². The van der Waals surface area contributed by atoms with E-state index in [2.05, 4.69) is 5.92 Å². The van der Waals surface area contributed by atoms with Crippen molar-refractivity contribution in [1.29, 1.82) is 0 Å². The molecule has 0 amide bonds. The van der Waals surface area contributed by atoms with Crippen LogP contribution in [0.3, 0.4) is 0 Å². The molecule has 0 aromatic rings. The van der Waals surface area contributed by atoms with Gasteiger partial charge >= 0.3 is 5.97 Å². The predicted octanol–water partition coefficient (Wildman–Crippen LogP) is 1.99. The third-order valence-electron chi connectivity index (χ3n) is 1.51. The van der Waals surface area contributed by atoms with Gasteiger partial charge in [0.05, 0.1) is 5.92 Å². The van der Waals surface area contributed by atoms with Crippen molar-refractivity contribution >= 4 is 5.97 Å². The van der Waals surface area contributed by atoms with Crippen molar-refractivity contribution in [2.75, 3.05) is 6.61 Å². The van der Waals surface area contributed by atoms with E-state index in [1.54, 1.807) is 0 Å². The number of unbranched alkanes of at least 4 members (excludes halogenated alkanes) is 1. The van der Waals surface area contributed by atoms with Gasteiger partial charge in [0, 0.05) is 6.42 Å². The van der Waals surface area contributed by atoms with Crippen molar-refractivity contribution in [3.8, 4) is 12.3 Å². The minimum atomic E-state index is -0.140. The highest BCUT2D eigenvalue weighted by Crippen LogP contribution is 1.99. The fraction of sp³-hybridized carbons (Fsp3) is 0.700. The summed E-state index contributed by atoms with van der Waals surface area (Å²) in [4.78, 5) is 10.9. The SMILES string of the molecule is C#CC(C)COC(=O)CCCC. The van der Waals surface area contributed by atoms with Gasteiger partial charge in [0.2, 0.25) is 0 Å². The van der Waals surface area contributed by atoms with Gasteiger partial charge in [-0.2, -0.15) is 0 Å². The second-order valence-electron chi connectivity index (χ2n) is 2.85. The smallest absolute Gasteiger partial charge is 0.305 e. The van der Waals surface area contributed by atoms with E-state index in [0.717, 1.165) is 12.8 Å². The number of hydrogen-bond acceptors (Lipinski definition) is 2. The van der Waals surface area contributed by atoms with Gasteiger partial charge in [0.15, 0.2) is 0 Å². The summed E-state index contributed by atoms with van der Waals surface area (Å²) in [6.45, 7) is 4.24. The highest BCUT2D eigenvalue weighted by molar-refractivity contribution is 5.69. The lowest BCUT2D eigenvalue weighted by molar-refractivity contribution is -0.144. The average molecular weight is 168 g/mol. The molecule has 68 valence electrons. The van der Waals surface area contributed by atoms with Gasteiger partial charge in [0.1, 0.15) is 6.61 Å². The zero-order valence-electron chi connectivity index (χ0n) is 7.80. The molecule has 0 aliphatic heterocycles. The zero-order chi connectivity index (χ0) is 9.40. The molecule has 0 saturated heterocycles. The van der Waals surface area contributed by atoms with E-state index in [4.69, 9.17) is 11.2 Å². The van der Waals surface area contributed by atoms with Gasteiger partial charge < -0.3 is 4.74 Å². The van der Waals surface area contributed by atoms with Gasteiger partial charge in [0.25, 0.3) is 0 Å². The number of carbonyl (C=O) groups excluding carboxylic acids is 1. The Morgan fingerprint density at radius 1 is 1.67 bits per heavy atom. The van der Waals surface area contributed by atoms with E-state index >= 15 is 0 Å². The Bertz CT molecular complexity index is 167. The van der Waals surface area contributed by atoms with Gasteiger partial charge in [-0.1, -0.05) is 13.3 Å². The molecule has 0 rings (SSSR count). The molecule has 0 N–H and O–H groups in total. The van der Waals surface area contributed by atoms with Gasteiger partial charge in [-0.05, 0) is 13.3 Å². The maximum Gasteiger partial charge on any atom is 0.305 e. The first kappa shape index (κ1) is 11.0. The van der Waals surface area contributed by atoms with Crippen LogP contribution in [0.4, 0.5) is 0 Å². The lowest BCUT2D eigenvalue weighted by atomic mass is 10.2. The first-order valence-electron chi connectivity index (χ1n) is 4.32. The molecule has 1 atom stereocenters. The molecule has 2 heteroatoms. The summed E-state index contributed by atoms with van der Waals surface area (Å²) in [6, 6.07) is 0. The van der Waals surface area contributed by atoms with Gasteiger partial charge in [-0.3, -0.25) is 4.79 Å². The molecule has 0 aliphatic rings. The number of rotatable bonds is 5. The normalized spacial score (nSPS) is 11.8. The summed E-state index contributed by atoms with van der Waals surface area (Å²) < 4.78 is 4.92. The molecule has 0 saturated carbocycles. The number of carbonyl (C=O) groups is 1. The van der Waals surface area contributed by atoms with Crippen molar-refractivity contribution < 1.29 is 9.53 Å². The van der Waals surface area contributed by atoms with E-state index in [0.29, 0.717) is 13.0 Å². The molecule has 0 fully saturated rings. The standard InChI is InChI=1S/C10H16O2/c1-4-6-7-10(11)12-8-9(3)5-2/h2,9H,4,6-8H2,1,3H3. The van der Waals surface area contributed by atoms with E-state index in [1.165, 1.54) is 0 Å². The predicted molar refractivity (Wildman–Crippen MR) is 48.5 cm³/mol. The van der Waals surface area contributed by atoms with E-state index in [1.807, 2.05) is 13.8 Å². The highest BCUT2D eigenvalue weighted by Gasteiger charge is 2.03. The van der Waals surface area contributed by atoms with Crippen molar-refractivity contribution in [3.63, 3.8) is 0 Å². The molecule has 0 heterocycles. The van der Waals surface area contributed by atoms with Crippen molar-refractivity contribution in [2.24, 2.45) is 5.92 Å². The molecule has 0 aliphatic carbocycles. The largest absolute Gasteiger partial charge is 0.464 e. The average Bonchev–Trinajstić information content (AvgIpc) is 2.10. The van der Waals surface area contributed by atoms with E-state index < -0.39 is 0 Å². The van der Waals surface area contributed by atoms with Gasteiger partial charge in [-0.15, -0.1) is 12.3 Å². The Hall–Kier alpha value is -0.970. The van der Waals surface area contributed by atoms with Crippen molar-refractivity contribution in [2.45, 2.75) is 33.1 Å². The third-order valence-corrected chi connectivity index (χ3v) is 1.51. The molecular weight excluding hydrogens is 152 g/mol. The van der Waals surface area contributed by atoms with Crippen LogP contribution in [0.15, 0.2) is 0 Å². The molecule has 0 spiro atoms. The van der Waals surface area contributed by atoms with Gasteiger partial charge in [-0.25, -0.2) is 0 Å². The van der Waals surface area contributed by atoms with E-state index in [-0.39, 0.29) is 11.9 Å². The molecule has 0 bridgehead atoms. The Balaban J connectivity index is 3.39. The fourth-order valence-corrected chi connectivity index (χ4v) is 0.659. The maximum absolute atomic E-state index is 10.9. The summed E-state index contributed by atoms with van der Waals surface area (Å²) >= 11 is 0. The van der Waals surface area contributed by atoms with Crippen LogP contribution < -0.4 is 0 Å². The van der Waals surface area contributed by atoms with Crippen LogP contribution in [0.5, 0.6) is 0 Å². The Kier molecular flexibility index (Phi) is 6.18. The Labute approximate surface area is 74.3 Å². The summed E-state index contributed by atoms with van der Waals surface area (Å²) in [5.41, 5.74) is 0. The third kappa shape index (κ3) is 5.79. The lowest BCUT2D eigenvalue weighted by Gasteiger charge is -2.05. The van der Waals surface area contributed by atoms with Crippen LogP contribution in [0.1, 0.15) is 33.1 Å². The van der Waals surface area contributed by atoms with Crippen LogP contribution in [-0.4, -0.2) is 12.6 Å². The Morgan fingerprint density at radius 3 is 2.83 bits per heavy atom. The monoisotopic (exact) mass is 168 g/mol. The molecule has 12 heavy (non-hydrogen) atoms. The zero-order valence-corrected chi connectivity index (χ0v) is 7.80. The fourth-order valence-electron chi connectivity index (χ4n) is 0.659.